The van der Waals surface area contributed by atoms with Gasteiger partial charge in [0.15, 0.2) is 0 Å². The molecule has 0 saturated carbocycles. The van der Waals surface area contributed by atoms with Crippen LogP contribution in [0.3, 0.4) is 0 Å². The molecular weight excluding hydrogens is 779 g/mol. The van der Waals surface area contributed by atoms with Gasteiger partial charge >= 0.3 is 5.97 Å². The van der Waals surface area contributed by atoms with Crippen molar-refractivity contribution >= 4 is 11.9 Å². The number of esters is 1. The summed E-state index contributed by atoms with van der Waals surface area (Å²) in [6.45, 7) is 6.35. The van der Waals surface area contributed by atoms with Crippen molar-refractivity contribution in [3.8, 4) is 0 Å². The molecule has 0 spiro atoms. The summed E-state index contributed by atoms with van der Waals surface area (Å²) in [4.78, 5) is 26.1. The second-order valence-corrected chi connectivity index (χ2v) is 17.9. The third-order valence-electron chi connectivity index (χ3n) is 11.8. The van der Waals surface area contributed by atoms with Crippen LogP contribution in [0.25, 0.3) is 0 Å². The highest BCUT2D eigenvalue weighted by Gasteiger charge is 2.24. The van der Waals surface area contributed by atoms with Gasteiger partial charge in [-0.05, 0) is 83.5 Å². The van der Waals surface area contributed by atoms with Crippen molar-refractivity contribution in [3.63, 3.8) is 0 Å². The van der Waals surface area contributed by atoms with Gasteiger partial charge in [0, 0.05) is 6.42 Å². The molecule has 0 fully saturated rings. The highest BCUT2D eigenvalue weighted by atomic mass is 16.5. The highest BCUT2D eigenvalue weighted by Crippen LogP contribution is 2.17. The first kappa shape index (κ1) is 60.3. The molecule has 3 unspecified atom stereocenters. The number of amides is 1. The Morgan fingerprint density at radius 1 is 0.476 bits per heavy atom. The summed E-state index contributed by atoms with van der Waals surface area (Å²) < 4.78 is 5.90. The molecule has 0 aromatic heterocycles. The number of allylic oxidation sites excluding steroid dienone is 12. The Bertz CT molecular complexity index is 1170. The lowest BCUT2D eigenvalue weighted by atomic mass is 10.0. The molecule has 0 aliphatic rings. The molecule has 0 bridgehead atoms. The predicted octanol–water partition coefficient (Wildman–Crippen LogP) is 16.2. The molecule has 0 rings (SSSR count). The zero-order chi connectivity index (χ0) is 45.9. The number of ether oxygens (including phenoxy) is 1. The van der Waals surface area contributed by atoms with E-state index in [1.54, 1.807) is 0 Å². The molecule has 6 heteroatoms. The third-order valence-corrected chi connectivity index (χ3v) is 11.8. The smallest absolute Gasteiger partial charge is 0.306 e. The highest BCUT2D eigenvalue weighted by molar-refractivity contribution is 5.77. The van der Waals surface area contributed by atoms with Crippen LogP contribution in [0.4, 0.5) is 0 Å². The molecule has 364 valence electrons. The summed E-state index contributed by atoms with van der Waals surface area (Å²) in [5, 5.41) is 23.7. The summed E-state index contributed by atoms with van der Waals surface area (Å²) in [6.07, 6.45) is 64.0. The standard InChI is InChI=1S/C57H101NO5/c1-4-7-10-13-16-19-22-24-26-28-29-31-34-36-39-42-45-48-53(63-57(62)50-47-44-41-38-35-32-30-27-25-23-20-17-14-11-8-5-2)51-56(61)58-54(52-59)55(60)49-46-43-40-37-33-21-18-15-12-9-6-3/h8,11,17,20,24-27,32,35,41,44,53-55,59-60H,4-7,9-10,12-16,18-19,21-23,28-31,33-34,36-40,42-43,45-52H2,1-3H3,(H,58,61)/b11-8+,20-17+,26-24+,27-25+,35-32+,44-41+. The van der Waals surface area contributed by atoms with Crippen LogP contribution in [-0.2, 0) is 14.3 Å². The van der Waals surface area contributed by atoms with Gasteiger partial charge in [-0.3, -0.25) is 9.59 Å². The first-order chi connectivity index (χ1) is 31.0. The normalized spacial score (nSPS) is 13.8. The fourth-order valence-corrected chi connectivity index (χ4v) is 7.77. The maximum atomic E-state index is 13.2. The number of hydrogen-bond acceptors (Lipinski definition) is 5. The lowest BCUT2D eigenvalue weighted by molar-refractivity contribution is -0.150. The van der Waals surface area contributed by atoms with Crippen molar-refractivity contribution in [1.29, 1.82) is 0 Å². The summed E-state index contributed by atoms with van der Waals surface area (Å²) in [7, 11) is 0. The molecule has 0 aliphatic heterocycles. The van der Waals surface area contributed by atoms with E-state index in [0.29, 0.717) is 19.3 Å². The predicted molar refractivity (Wildman–Crippen MR) is 273 cm³/mol. The quantitative estimate of drug-likeness (QED) is 0.0321. The van der Waals surface area contributed by atoms with E-state index in [9.17, 15) is 19.8 Å². The number of carbonyl (C=O) groups excluding carboxylic acids is 2. The molecule has 3 atom stereocenters. The van der Waals surface area contributed by atoms with Crippen LogP contribution >= 0.6 is 0 Å². The second-order valence-electron chi connectivity index (χ2n) is 17.9. The molecule has 0 aromatic rings. The number of carbonyl (C=O) groups is 2. The minimum Gasteiger partial charge on any atom is -0.462 e. The van der Waals surface area contributed by atoms with Gasteiger partial charge in [0.1, 0.15) is 6.10 Å². The van der Waals surface area contributed by atoms with E-state index in [0.717, 1.165) is 70.6 Å². The maximum Gasteiger partial charge on any atom is 0.306 e. The molecule has 0 radical (unpaired) electrons. The van der Waals surface area contributed by atoms with Crippen LogP contribution < -0.4 is 5.32 Å². The van der Waals surface area contributed by atoms with E-state index in [1.807, 2.05) is 6.08 Å². The van der Waals surface area contributed by atoms with Crippen LogP contribution in [0.2, 0.25) is 0 Å². The zero-order valence-electron chi connectivity index (χ0n) is 41.4. The summed E-state index contributed by atoms with van der Waals surface area (Å²) in [5.74, 6) is -0.575. The van der Waals surface area contributed by atoms with E-state index < -0.39 is 18.2 Å². The van der Waals surface area contributed by atoms with E-state index >= 15 is 0 Å². The summed E-state index contributed by atoms with van der Waals surface area (Å²) >= 11 is 0. The molecule has 63 heavy (non-hydrogen) atoms. The number of rotatable bonds is 47. The largest absolute Gasteiger partial charge is 0.462 e. The van der Waals surface area contributed by atoms with Crippen molar-refractivity contribution in [2.45, 2.75) is 270 Å². The van der Waals surface area contributed by atoms with Crippen LogP contribution in [-0.4, -0.2) is 46.9 Å². The Kier molecular flexibility index (Phi) is 48.1. The fraction of sp³-hybridized carbons (Fsp3) is 0.754. The Morgan fingerprint density at radius 3 is 1.30 bits per heavy atom. The first-order valence-corrected chi connectivity index (χ1v) is 26.7. The van der Waals surface area contributed by atoms with E-state index in [4.69, 9.17) is 4.74 Å². The first-order valence-electron chi connectivity index (χ1n) is 26.7. The van der Waals surface area contributed by atoms with Gasteiger partial charge in [-0.15, -0.1) is 0 Å². The van der Waals surface area contributed by atoms with Crippen LogP contribution in [0, 0.1) is 0 Å². The summed E-state index contributed by atoms with van der Waals surface area (Å²) in [5.41, 5.74) is 0. The van der Waals surface area contributed by atoms with Crippen LogP contribution in [0.15, 0.2) is 72.9 Å². The monoisotopic (exact) mass is 880 g/mol. The van der Waals surface area contributed by atoms with Gasteiger partial charge in [-0.25, -0.2) is 0 Å². The fourth-order valence-electron chi connectivity index (χ4n) is 7.77. The maximum absolute atomic E-state index is 13.2. The van der Waals surface area contributed by atoms with Crippen LogP contribution in [0.1, 0.15) is 252 Å². The second kappa shape index (κ2) is 50.3. The van der Waals surface area contributed by atoms with Crippen molar-refractivity contribution in [2.24, 2.45) is 0 Å². The molecule has 0 heterocycles. The number of unbranched alkanes of at least 4 members (excludes halogenated alkanes) is 23. The molecule has 0 aromatic carbocycles. The molecule has 0 aliphatic carbocycles. The number of hydrogen-bond donors (Lipinski definition) is 3. The number of aliphatic hydroxyl groups is 2. The third kappa shape index (κ3) is 45.7. The van der Waals surface area contributed by atoms with Crippen molar-refractivity contribution < 1.29 is 24.5 Å². The van der Waals surface area contributed by atoms with E-state index in [1.165, 1.54) is 128 Å². The Hall–Kier alpha value is -2.70. The minimum atomic E-state index is -0.803. The van der Waals surface area contributed by atoms with Crippen LogP contribution in [0.5, 0.6) is 0 Å². The molecular formula is C57H101NO5. The topological polar surface area (TPSA) is 95.9 Å². The lowest BCUT2D eigenvalue weighted by Gasteiger charge is -2.24. The SMILES string of the molecule is CC/C=C/C/C=C/C/C=C/C/C=C/C/C=C/CCC(=O)OC(CCCCCCCCC/C=C/CCCCCCCC)CC(=O)NC(CO)C(O)CCCCCCCCCCCCC. The zero-order valence-corrected chi connectivity index (χ0v) is 41.4. The van der Waals surface area contributed by atoms with E-state index in [2.05, 4.69) is 92.9 Å². The summed E-state index contributed by atoms with van der Waals surface area (Å²) in [6, 6.07) is -0.719. The van der Waals surface area contributed by atoms with Gasteiger partial charge < -0.3 is 20.3 Å². The Labute approximate surface area is 390 Å². The number of aliphatic hydroxyl groups excluding tert-OH is 2. The molecule has 1 amide bonds. The van der Waals surface area contributed by atoms with Crippen molar-refractivity contribution in [2.75, 3.05) is 6.61 Å². The van der Waals surface area contributed by atoms with Crippen molar-refractivity contribution in [1.82, 2.24) is 5.32 Å². The number of nitrogens with one attached hydrogen (secondary N) is 1. The molecule has 0 saturated heterocycles. The molecule has 6 nitrogen and oxygen atoms in total. The van der Waals surface area contributed by atoms with Gasteiger partial charge in [-0.1, -0.05) is 229 Å². The average Bonchev–Trinajstić information content (AvgIpc) is 3.28. The van der Waals surface area contributed by atoms with Gasteiger partial charge in [-0.2, -0.15) is 0 Å². The Morgan fingerprint density at radius 2 is 0.857 bits per heavy atom. The van der Waals surface area contributed by atoms with Gasteiger partial charge in [0.05, 0.1) is 25.2 Å². The Balaban J connectivity index is 4.70. The van der Waals surface area contributed by atoms with Crippen molar-refractivity contribution in [3.05, 3.63) is 72.9 Å². The molecule has 3 N–H and O–H groups in total. The minimum absolute atomic E-state index is 0.0431. The lowest BCUT2D eigenvalue weighted by Crippen LogP contribution is -2.46. The van der Waals surface area contributed by atoms with E-state index in [-0.39, 0.29) is 31.3 Å². The van der Waals surface area contributed by atoms with Gasteiger partial charge in [0.2, 0.25) is 5.91 Å². The van der Waals surface area contributed by atoms with Gasteiger partial charge in [0.25, 0.3) is 0 Å². The average molecular weight is 880 g/mol.